The Balaban J connectivity index is 1.29. The van der Waals surface area contributed by atoms with Gasteiger partial charge in [0, 0.05) is 63.8 Å². The normalized spacial score (nSPS) is 22.7. The summed E-state index contributed by atoms with van der Waals surface area (Å²) in [5.74, 6) is 0. The van der Waals surface area contributed by atoms with Crippen molar-refractivity contribution in [3.05, 3.63) is 22.4 Å². The van der Waals surface area contributed by atoms with E-state index in [1.807, 2.05) is 11.3 Å². The molecule has 0 aliphatic carbocycles. The van der Waals surface area contributed by atoms with Gasteiger partial charge in [-0.1, -0.05) is 6.07 Å². The Kier molecular flexibility index (Phi) is 6.06. The Bertz CT molecular complexity index is 384. The van der Waals surface area contributed by atoms with Crippen LogP contribution in [-0.4, -0.2) is 86.8 Å². The van der Waals surface area contributed by atoms with E-state index in [2.05, 4.69) is 32.2 Å². The van der Waals surface area contributed by atoms with E-state index in [1.54, 1.807) is 0 Å². The van der Waals surface area contributed by atoms with Crippen molar-refractivity contribution in [3.63, 3.8) is 0 Å². The van der Waals surface area contributed by atoms with Gasteiger partial charge in [-0.3, -0.25) is 9.80 Å². The zero-order valence-electron chi connectivity index (χ0n) is 12.9. The summed E-state index contributed by atoms with van der Waals surface area (Å²) in [6.45, 7) is 12.6. The number of morpholine rings is 1. The van der Waals surface area contributed by atoms with Gasteiger partial charge in [-0.15, -0.1) is 11.3 Å². The summed E-state index contributed by atoms with van der Waals surface area (Å²) in [6.07, 6.45) is 1.21. The molecule has 21 heavy (non-hydrogen) atoms. The van der Waals surface area contributed by atoms with Crippen molar-refractivity contribution in [2.45, 2.75) is 6.42 Å². The molecule has 0 N–H and O–H groups in total. The molecule has 0 atom stereocenters. The SMILES string of the molecule is c1csc(CCN2CCN(CCN3CCOCC3)CC2)c1. The summed E-state index contributed by atoms with van der Waals surface area (Å²) >= 11 is 1.88. The molecule has 118 valence electrons. The molecule has 4 nitrogen and oxygen atoms in total. The fourth-order valence-corrected chi connectivity index (χ4v) is 3.77. The van der Waals surface area contributed by atoms with Gasteiger partial charge >= 0.3 is 0 Å². The molecule has 0 aromatic carbocycles. The van der Waals surface area contributed by atoms with E-state index in [9.17, 15) is 0 Å². The Morgan fingerprint density at radius 2 is 1.48 bits per heavy atom. The fourth-order valence-electron chi connectivity index (χ4n) is 3.07. The minimum absolute atomic E-state index is 0.913. The van der Waals surface area contributed by atoms with Crippen LogP contribution in [0.4, 0.5) is 0 Å². The van der Waals surface area contributed by atoms with Gasteiger partial charge in [0.15, 0.2) is 0 Å². The number of piperazine rings is 1. The highest BCUT2D eigenvalue weighted by molar-refractivity contribution is 7.09. The highest BCUT2D eigenvalue weighted by atomic mass is 32.1. The fraction of sp³-hybridized carbons (Fsp3) is 0.750. The molecule has 3 heterocycles. The molecule has 2 aliphatic rings. The van der Waals surface area contributed by atoms with E-state index in [1.165, 1.54) is 57.1 Å². The second-order valence-electron chi connectivity index (χ2n) is 5.97. The summed E-state index contributed by atoms with van der Waals surface area (Å²) < 4.78 is 5.40. The minimum Gasteiger partial charge on any atom is -0.379 e. The first kappa shape index (κ1) is 15.4. The van der Waals surface area contributed by atoms with Crippen LogP contribution in [0, 0.1) is 0 Å². The number of thiophene rings is 1. The van der Waals surface area contributed by atoms with Crippen LogP contribution in [0.5, 0.6) is 0 Å². The number of rotatable bonds is 6. The Hall–Kier alpha value is -0.460. The number of ether oxygens (including phenoxy) is 1. The van der Waals surface area contributed by atoms with Gasteiger partial charge < -0.3 is 9.64 Å². The largest absolute Gasteiger partial charge is 0.379 e. The molecule has 0 saturated carbocycles. The summed E-state index contributed by atoms with van der Waals surface area (Å²) in [6, 6.07) is 4.41. The number of hydrogen-bond donors (Lipinski definition) is 0. The van der Waals surface area contributed by atoms with Gasteiger partial charge in [-0.2, -0.15) is 0 Å². The van der Waals surface area contributed by atoms with Crippen LogP contribution in [0.3, 0.4) is 0 Å². The summed E-state index contributed by atoms with van der Waals surface area (Å²) in [5.41, 5.74) is 0. The molecular weight excluding hydrogens is 282 g/mol. The predicted molar refractivity (Wildman–Crippen MR) is 88.2 cm³/mol. The van der Waals surface area contributed by atoms with Crippen LogP contribution in [-0.2, 0) is 11.2 Å². The first-order valence-corrected chi connectivity index (χ1v) is 9.05. The third kappa shape index (κ3) is 5.04. The van der Waals surface area contributed by atoms with Crippen molar-refractivity contribution >= 4 is 11.3 Å². The molecule has 2 fully saturated rings. The van der Waals surface area contributed by atoms with Crippen molar-refractivity contribution in [2.24, 2.45) is 0 Å². The third-order valence-electron chi connectivity index (χ3n) is 4.56. The van der Waals surface area contributed by atoms with Crippen molar-refractivity contribution in [2.75, 3.05) is 72.1 Å². The highest BCUT2D eigenvalue weighted by Gasteiger charge is 2.18. The molecule has 3 rings (SSSR count). The maximum atomic E-state index is 5.40. The van der Waals surface area contributed by atoms with Gasteiger partial charge in [0.25, 0.3) is 0 Å². The predicted octanol–water partition coefficient (Wildman–Crippen LogP) is 1.24. The Morgan fingerprint density at radius 1 is 0.857 bits per heavy atom. The Labute approximate surface area is 132 Å². The molecule has 0 unspecified atom stereocenters. The summed E-state index contributed by atoms with van der Waals surface area (Å²) in [4.78, 5) is 9.29. The standard InChI is InChI=1S/C16H27N3OS/c1-2-16(21-15-1)3-4-17-5-7-18(8-6-17)9-10-19-11-13-20-14-12-19/h1-2,15H,3-14H2. The van der Waals surface area contributed by atoms with Crippen molar-refractivity contribution in [3.8, 4) is 0 Å². The molecule has 0 spiro atoms. The molecule has 2 aliphatic heterocycles. The van der Waals surface area contributed by atoms with Crippen LogP contribution < -0.4 is 0 Å². The topological polar surface area (TPSA) is 19.0 Å². The lowest BCUT2D eigenvalue weighted by molar-refractivity contribution is 0.0300. The van der Waals surface area contributed by atoms with Crippen LogP contribution in [0.2, 0.25) is 0 Å². The lowest BCUT2D eigenvalue weighted by Crippen LogP contribution is -2.49. The quantitative estimate of drug-likeness (QED) is 0.787. The van der Waals surface area contributed by atoms with Gasteiger partial charge in [0.05, 0.1) is 13.2 Å². The highest BCUT2D eigenvalue weighted by Crippen LogP contribution is 2.11. The third-order valence-corrected chi connectivity index (χ3v) is 5.49. The smallest absolute Gasteiger partial charge is 0.0594 e. The second kappa shape index (κ2) is 8.25. The molecule has 5 heteroatoms. The van der Waals surface area contributed by atoms with Crippen LogP contribution >= 0.6 is 11.3 Å². The lowest BCUT2D eigenvalue weighted by Gasteiger charge is -2.36. The molecule has 0 bridgehead atoms. The van der Waals surface area contributed by atoms with E-state index in [0.717, 1.165) is 26.3 Å². The maximum absolute atomic E-state index is 5.40. The van der Waals surface area contributed by atoms with Crippen molar-refractivity contribution < 1.29 is 4.74 Å². The zero-order valence-corrected chi connectivity index (χ0v) is 13.7. The second-order valence-corrected chi connectivity index (χ2v) is 7.00. The van der Waals surface area contributed by atoms with E-state index in [-0.39, 0.29) is 0 Å². The average molecular weight is 309 g/mol. The molecule has 1 aromatic rings. The Morgan fingerprint density at radius 3 is 2.10 bits per heavy atom. The monoisotopic (exact) mass is 309 g/mol. The van der Waals surface area contributed by atoms with Gasteiger partial charge in [-0.25, -0.2) is 0 Å². The molecule has 0 radical (unpaired) electrons. The van der Waals surface area contributed by atoms with Crippen LogP contribution in [0.15, 0.2) is 17.5 Å². The number of hydrogen-bond acceptors (Lipinski definition) is 5. The van der Waals surface area contributed by atoms with Crippen LogP contribution in [0.25, 0.3) is 0 Å². The molecular formula is C16H27N3OS. The van der Waals surface area contributed by atoms with Gasteiger partial charge in [0.1, 0.15) is 0 Å². The number of nitrogens with zero attached hydrogens (tertiary/aromatic N) is 3. The van der Waals surface area contributed by atoms with E-state index < -0.39 is 0 Å². The minimum atomic E-state index is 0.913. The van der Waals surface area contributed by atoms with Gasteiger partial charge in [0.2, 0.25) is 0 Å². The molecule has 0 amide bonds. The van der Waals surface area contributed by atoms with E-state index in [0.29, 0.717) is 0 Å². The first-order chi connectivity index (χ1) is 10.4. The zero-order chi connectivity index (χ0) is 14.3. The molecule has 2 saturated heterocycles. The first-order valence-electron chi connectivity index (χ1n) is 8.17. The maximum Gasteiger partial charge on any atom is 0.0594 e. The molecule has 1 aromatic heterocycles. The van der Waals surface area contributed by atoms with Gasteiger partial charge in [-0.05, 0) is 17.9 Å². The van der Waals surface area contributed by atoms with E-state index in [4.69, 9.17) is 4.74 Å². The summed E-state index contributed by atoms with van der Waals surface area (Å²) in [5, 5.41) is 2.18. The van der Waals surface area contributed by atoms with Crippen LogP contribution in [0.1, 0.15) is 4.88 Å². The van der Waals surface area contributed by atoms with Crippen molar-refractivity contribution in [1.82, 2.24) is 14.7 Å². The summed E-state index contributed by atoms with van der Waals surface area (Å²) in [7, 11) is 0. The van der Waals surface area contributed by atoms with Crippen molar-refractivity contribution in [1.29, 1.82) is 0 Å². The lowest BCUT2D eigenvalue weighted by atomic mass is 10.2. The average Bonchev–Trinajstić information content (AvgIpc) is 3.06. The van der Waals surface area contributed by atoms with E-state index >= 15 is 0 Å².